The fourth-order valence-corrected chi connectivity index (χ4v) is 3.67. The van der Waals surface area contributed by atoms with Gasteiger partial charge in [0.15, 0.2) is 0 Å². The van der Waals surface area contributed by atoms with Crippen LogP contribution in [0.3, 0.4) is 0 Å². The predicted molar refractivity (Wildman–Crippen MR) is 110 cm³/mol. The molecule has 1 aliphatic rings. The summed E-state index contributed by atoms with van der Waals surface area (Å²) in [5.74, 6) is -0.405. The van der Waals surface area contributed by atoms with Crippen LogP contribution in [0.1, 0.15) is 34.3 Å². The highest BCUT2D eigenvalue weighted by Crippen LogP contribution is 2.26. The van der Waals surface area contributed by atoms with Gasteiger partial charge in [0.1, 0.15) is 0 Å². The van der Waals surface area contributed by atoms with Crippen LogP contribution in [-0.4, -0.2) is 29.8 Å². The molecule has 0 radical (unpaired) electrons. The number of rotatable bonds is 3. The molecule has 6 heteroatoms. The van der Waals surface area contributed by atoms with E-state index in [0.29, 0.717) is 28.7 Å². The summed E-state index contributed by atoms with van der Waals surface area (Å²) in [4.78, 5) is 27.2. The maximum Gasteiger partial charge on any atom is 0.253 e. The molecule has 27 heavy (non-hydrogen) atoms. The van der Waals surface area contributed by atoms with Gasteiger partial charge in [-0.05, 0) is 56.5 Å². The second-order valence-corrected chi connectivity index (χ2v) is 7.84. The quantitative estimate of drug-likeness (QED) is 0.772. The summed E-state index contributed by atoms with van der Waals surface area (Å²) in [7, 11) is 0. The Kier molecular flexibility index (Phi) is 6.08. The first-order valence-corrected chi connectivity index (χ1v) is 9.73. The number of nitrogens with one attached hydrogen (secondary N) is 1. The molecule has 1 N–H and O–H groups in total. The number of carbonyl (C=O) groups excluding carboxylic acids is 2. The molecular formula is C21H22Cl2N2O2. The highest BCUT2D eigenvalue weighted by atomic mass is 35.5. The molecule has 142 valence electrons. The number of amides is 2. The Labute approximate surface area is 169 Å². The molecule has 2 amide bonds. The molecule has 0 aromatic heterocycles. The highest BCUT2D eigenvalue weighted by Gasteiger charge is 2.29. The van der Waals surface area contributed by atoms with Crippen LogP contribution in [0, 0.1) is 19.8 Å². The summed E-state index contributed by atoms with van der Waals surface area (Å²) in [5.41, 5.74) is 3.49. The van der Waals surface area contributed by atoms with Gasteiger partial charge in [-0.2, -0.15) is 0 Å². The molecular weight excluding hydrogens is 383 g/mol. The number of benzene rings is 2. The number of hydrogen-bond donors (Lipinski definition) is 1. The topological polar surface area (TPSA) is 49.4 Å². The minimum Gasteiger partial charge on any atom is -0.338 e. The molecule has 1 heterocycles. The van der Waals surface area contributed by atoms with Crippen LogP contribution in [0.2, 0.25) is 10.0 Å². The number of likely N-dealkylation sites (tertiary alicyclic amines) is 1. The number of anilines is 1. The van der Waals surface area contributed by atoms with Gasteiger partial charge in [0.25, 0.3) is 5.91 Å². The van der Waals surface area contributed by atoms with Gasteiger partial charge in [-0.15, -0.1) is 0 Å². The Morgan fingerprint density at radius 3 is 2.56 bits per heavy atom. The van der Waals surface area contributed by atoms with Crippen molar-refractivity contribution in [1.29, 1.82) is 0 Å². The molecule has 3 rings (SSSR count). The molecule has 0 saturated carbocycles. The minimum atomic E-state index is -0.230. The van der Waals surface area contributed by atoms with E-state index >= 15 is 0 Å². The van der Waals surface area contributed by atoms with Gasteiger partial charge in [-0.1, -0.05) is 40.9 Å². The normalized spacial score (nSPS) is 16.9. The van der Waals surface area contributed by atoms with Crippen LogP contribution < -0.4 is 5.32 Å². The van der Waals surface area contributed by atoms with E-state index in [1.807, 2.05) is 32.0 Å². The molecule has 1 saturated heterocycles. The lowest BCUT2D eigenvalue weighted by Crippen LogP contribution is -2.43. The molecule has 1 unspecified atom stereocenters. The smallest absolute Gasteiger partial charge is 0.253 e. The first kappa shape index (κ1) is 19.7. The van der Waals surface area contributed by atoms with Crippen LogP contribution in [0.25, 0.3) is 0 Å². The van der Waals surface area contributed by atoms with Gasteiger partial charge < -0.3 is 10.2 Å². The van der Waals surface area contributed by atoms with Crippen molar-refractivity contribution in [1.82, 2.24) is 4.90 Å². The summed E-state index contributed by atoms with van der Waals surface area (Å²) < 4.78 is 0. The van der Waals surface area contributed by atoms with E-state index in [1.165, 1.54) is 0 Å². The van der Waals surface area contributed by atoms with E-state index < -0.39 is 0 Å². The maximum absolute atomic E-state index is 12.8. The number of carbonyl (C=O) groups is 2. The third kappa shape index (κ3) is 4.63. The molecule has 2 aromatic rings. The zero-order valence-corrected chi connectivity index (χ0v) is 16.9. The molecule has 2 aromatic carbocycles. The van der Waals surface area contributed by atoms with Crippen LogP contribution in [0.5, 0.6) is 0 Å². The SMILES string of the molecule is Cc1ccc(NC(=O)C2CCCN(C(=O)c3ccc(Cl)c(Cl)c3)C2)c(C)c1. The van der Waals surface area contributed by atoms with Crippen molar-refractivity contribution in [2.45, 2.75) is 26.7 Å². The molecule has 1 atom stereocenters. The molecule has 0 bridgehead atoms. The van der Waals surface area contributed by atoms with Gasteiger partial charge in [-0.3, -0.25) is 9.59 Å². The second-order valence-electron chi connectivity index (χ2n) is 7.03. The maximum atomic E-state index is 12.8. The van der Waals surface area contributed by atoms with E-state index in [-0.39, 0.29) is 17.7 Å². The Morgan fingerprint density at radius 2 is 1.85 bits per heavy atom. The molecule has 1 fully saturated rings. The van der Waals surface area contributed by atoms with Gasteiger partial charge in [0.05, 0.1) is 16.0 Å². The average molecular weight is 405 g/mol. The summed E-state index contributed by atoms with van der Waals surface area (Å²) in [6, 6.07) is 10.8. The Morgan fingerprint density at radius 1 is 1.07 bits per heavy atom. The molecule has 1 aliphatic heterocycles. The lowest BCUT2D eigenvalue weighted by atomic mass is 9.96. The van der Waals surface area contributed by atoms with E-state index in [4.69, 9.17) is 23.2 Å². The Bertz CT molecular complexity index is 882. The molecule has 0 spiro atoms. The van der Waals surface area contributed by atoms with Crippen molar-refractivity contribution in [2.75, 3.05) is 18.4 Å². The summed E-state index contributed by atoms with van der Waals surface area (Å²) in [6.45, 7) is 5.03. The third-order valence-corrected chi connectivity index (χ3v) is 5.62. The van der Waals surface area contributed by atoms with Crippen molar-refractivity contribution in [3.05, 3.63) is 63.1 Å². The zero-order chi connectivity index (χ0) is 19.6. The molecule has 0 aliphatic carbocycles. The van der Waals surface area contributed by atoms with E-state index in [0.717, 1.165) is 29.7 Å². The largest absolute Gasteiger partial charge is 0.338 e. The van der Waals surface area contributed by atoms with Gasteiger partial charge >= 0.3 is 0 Å². The van der Waals surface area contributed by atoms with Gasteiger partial charge in [0, 0.05) is 24.3 Å². The van der Waals surface area contributed by atoms with Crippen LogP contribution in [0.15, 0.2) is 36.4 Å². The standard InChI is InChI=1S/C21H22Cl2N2O2/c1-13-5-8-19(14(2)10-13)24-20(26)16-4-3-9-25(12-16)21(27)15-6-7-17(22)18(23)11-15/h5-8,10-11,16H,3-4,9,12H2,1-2H3,(H,24,26). The lowest BCUT2D eigenvalue weighted by Gasteiger charge is -2.32. The third-order valence-electron chi connectivity index (χ3n) is 4.89. The Hall–Kier alpha value is -2.04. The Balaban J connectivity index is 1.68. The van der Waals surface area contributed by atoms with Crippen molar-refractivity contribution in [2.24, 2.45) is 5.92 Å². The summed E-state index contributed by atoms with van der Waals surface area (Å²) in [6.07, 6.45) is 1.56. The first-order chi connectivity index (χ1) is 12.8. The van der Waals surface area contributed by atoms with Crippen molar-refractivity contribution in [3.8, 4) is 0 Å². The van der Waals surface area contributed by atoms with Crippen LogP contribution in [-0.2, 0) is 4.79 Å². The van der Waals surface area contributed by atoms with E-state index in [2.05, 4.69) is 5.32 Å². The summed E-state index contributed by atoms with van der Waals surface area (Å²) in [5, 5.41) is 3.77. The zero-order valence-electron chi connectivity index (χ0n) is 15.4. The van der Waals surface area contributed by atoms with Crippen LogP contribution in [0.4, 0.5) is 5.69 Å². The summed E-state index contributed by atoms with van der Waals surface area (Å²) >= 11 is 12.0. The number of aryl methyl sites for hydroxylation is 2. The van der Waals surface area contributed by atoms with E-state index in [9.17, 15) is 9.59 Å². The minimum absolute atomic E-state index is 0.0476. The predicted octanol–water partition coefficient (Wildman–Crippen LogP) is 5.10. The van der Waals surface area contributed by atoms with Crippen molar-refractivity contribution in [3.63, 3.8) is 0 Å². The number of halogens is 2. The highest BCUT2D eigenvalue weighted by molar-refractivity contribution is 6.42. The fourth-order valence-electron chi connectivity index (χ4n) is 3.38. The fraction of sp³-hybridized carbons (Fsp3) is 0.333. The monoisotopic (exact) mass is 404 g/mol. The average Bonchev–Trinajstić information content (AvgIpc) is 2.65. The molecule has 4 nitrogen and oxygen atoms in total. The first-order valence-electron chi connectivity index (χ1n) is 8.97. The van der Waals surface area contributed by atoms with Crippen LogP contribution >= 0.6 is 23.2 Å². The van der Waals surface area contributed by atoms with Crippen molar-refractivity contribution < 1.29 is 9.59 Å². The number of hydrogen-bond acceptors (Lipinski definition) is 2. The van der Waals surface area contributed by atoms with Gasteiger partial charge in [0.2, 0.25) is 5.91 Å². The number of nitrogens with zero attached hydrogens (tertiary/aromatic N) is 1. The van der Waals surface area contributed by atoms with Crippen molar-refractivity contribution >= 4 is 40.7 Å². The van der Waals surface area contributed by atoms with Gasteiger partial charge in [-0.25, -0.2) is 0 Å². The second kappa shape index (κ2) is 8.32. The lowest BCUT2D eigenvalue weighted by molar-refractivity contribution is -0.121. The van der Waals surface area contributed by atoms with E-state index in [1.54, 1.807) is 23.1 Å². The number of piperidine rings is 1.